The van der Waals surface area contributed by atoms with Crippen LogP contribution in [0.2, 0.25) is 10.4 Å². The van der Waals surface area contributed by atoms with Gasteiger partial charge in [0.1, 0.15) is 23.5 Å². The number of benzene rings is 2. The minimum atomic E-state index is -1.27. The minimum absolute atomic E-state index is 0.0294. The molecular weight excluding hydrogens is 491 g/mol. The first-order valence-electron chi connectivity index (χ1n) is 11.1. The number of carbonyl (C=O) groups is 1. The van der Waals surface area contributed by atoms with Crippen molar-refractivity contribution >= 4 is 40.3 Å². The Morgan fingerprint density at radius 3 is 2.40 bits per heavy atom. The maximum absolute atomic E-state index is 12.3. The molecule has 0 aliphatic heterocycles. The molecule has 5 rings (SSSR count). The molecule has 2 heterocycles. The summed E-state index contributed by atoms with van der Waals surface area (Å²) in [5.74, 6) is -0.0390. The Hall–Kier alpha value is -3.17. The van der Waals surface area contributed by atoms with Crippen LogP contribution in [-0.4, -0.2) is 50.5 Å². The SMILES string of the molecule is O=C(NCCC(O)C(O)c1c[nH]c2nc(Cl)nc(Cl)c12)OCC1c2ccccc2-c2ccccc21. The first-order valence-corrected chi connectivity index (χ1v) is 11.8. The van der Waals surface area contributed by atoms with Crippen molar-refractivity contribution < 1.29 is 19.7 Å². The van der Waals surface area contributed by atoms with Crippen LogP contribution >= 0.6 is 23.2 Å². The van der Waals surface area contributed by atoms with Gasteiger partial charge in [-0.2, -0.15) is 4.98 Å². The molecule has 2 atom stereocenters. The highest BCUT2D eigenvalue weighted by Crippen LogP contribution is 2.44. The molecule has 4 N–H and O–H groups in total. The van der Waals surface area contributed by atoms with E-state index in [0.717, 1.165) is 22.3 Å². The summed E-state index contributed by atoms with van der Waals surface area (Å²) in [7, 11) is 0. The van der Waals surface area contributed by atoms with E-state index >= 15 is 0 Å². The van der Waals surface area contributed by atoms with Crippen molar-refractivity contribution in [2.24, 2.45) is 0 Å². The van der Waals surface area contributed by atoms with Crippen molar-refractivity contribution in [3.05, 3.63) is 81.9 Å². The number of H-pyrrole nitrogens is 1. The van der Waals surface area contributed by atoms with Gasteiger partial charge in [-0.15, -0.1) is 0 Å². The van der Waals surface area contributed by atoms with E-state index in [-0.39, 0.29) is 35.9 Å². The van der Waals surface area contributed by atoms with Crippen LogP contribution in [0.4, 0.5) is 4.79 Å². The third-order valence-electron chi connectivity index (χ3n) is 6.23. The maximum atomic E-state index is 12.3. The van der Waals surface area contributed by atoms with Gasteiger partial charge in [0.15, 0.2) is 0 Å². The van der Waals surface area contributed by atoms with E-state index in [4.69, 9.17) is 27.9 Å². The molecule has 0 fully saturated rings. The number of aromatic amines is 1. The molecule has 35 heavy (non-hydrogen) atoms. The lowest BCUT2D eigenvalue weighted by molar-refractivity contribution is 0.0145. The zero-order chi connectivity index (χ0) is 24.5. The topological polar surface area (TPSA) is 120 Å². The second kappa shape index (κ2) is 9.83. The summed E-state index contributed by atoms with van der Waals surface area (Å²) < 4.78 is 5.49. The van der Waals surface area contributed by atoms with E-state index < -0.39 is 18.3 Å². The van der Waals surface area contributed by atoms with Crippen molar-refractivity contribution in [3.63, 3.8) is 0 Å². The quantitative estimate of drug-likeness (QED) is 0.212. The number of nitrogens with one attached hydrogen (secondary N) is 2. The molecule has 2 aromatic carbocycles. The molecule has 2 unspecified atom stereocenters. The van der Waals surface area contributed by atoms with Crippen molar-refractivity contribution in [1.29, 1.82) is 0 Å². The molecule has 4 aromatic rings. The Labute approximate surface area is 210 Å². The van der Waals surface area contributed by atoms with Crippen LogP contribution < -0.4 is 5.32 Å². The van der Waals surface area contributed by atoms with Gasteiger partial charge in [0.05, 0.1) is 11.5 Å². The summed E-state index contributed by atoms with van der Waals surface area (Å²) in [5, 5.41) is 24.1. The smallest absolute Gasteiger partial charge is 0.407 e. The Balaban J connectivity index is 1.16. The Bertz CT molecular complexity index is 1350. The number of carbonyl (C=O) groups excluding carboxylic acids is 1. The standard InChI is InChI=1S/C25H22Cl2N4O4/c26-22-20-17(11-29-23(20)31-24(27)30-22)21(33)19(32)9-10-28-25(34)35-12-18-15-7-3-1-5-13(15)14-6-2-4-8-16(14)18/h1-8,11,18-19,21,32-33H,9-10,12H2,(H,28,34)(H,29,30,31). The van der Waals surface area contributed by atoms with E-state index in [1.54, 1.807) is 0 Å². The average molecular weight is 513 g/mol. The number of fused-ring (bicyclic) bond motifs is 4. The van der Waals surface area contributed by atoms with Crippen LogP contribution in [0.5, 0.6) is 0 Å². The fourth-order valence-electron chi connectivity index (χ4n) is 4.56. The molecule has 0 saturated heterocycles. The Kier molecular flexibility index (Phi) is 6.62. The normalized spacial score (nSPS) is 14.4. The van der Waals surface area contributed by atoms with Gasteiger partial charge in [0.25, 0.3) is 0 Å². The van der Waals surface area contributed by atoms with Crippen LogP contribution in [0.25, 0.3) is 22.2 Å². The number of aromatic nitrogens is 3. The van der Waals surface area contributed by atoms with E-state index in [0.29, 0.717) is 16.6 Å². The Morgan fingerprint density at radius 1 is 1.06 bits per heavy atom. The van der Waals surface area contributed by atoms with Crippen molar-refractivity contribution in [1.82, 2.24) is 20.3 Å². The molecule has 1 aliphatic rings. The molecule has 10 heteroatoms. The number of rotatable bonds is 7. The molecular formula is C25H22Cl2N4O4. The largest absolute Gasteiger partial charge is 0.449 e. The van der Waals surface area contributed by atoms with Crippen molar-refractivity contribution in [3.8, 4) is 11.1 Å². The second-order valence-electron chi connectivity index (χ2n) is 8.30. The monoisotopic (exact) mass is 512 g/mol. The maximum Gasteiger partial charge on any atom is 0.407 e. The number of hydrogen-bond donors (Lipinski definition) is 4. The first kappa shape index (κ1) is 23.6. The lowest BCUT2D eigenvalue weighted by Crippen LogP contribution is -2.30. The lowest BCUT2D eigenvalue weighted by atomic mass is 9.98. The highest BCUT2D eigenvalue weighted by Gasteiger charge is 2.29. The summed E-state index contributed by atoms with van der Waals surface area (Å²) in [6.45, 7) is 0.300. The van der Waals surface area contributed by atoms with Gasteiger partial charge in [-0.1, -0.05) is 60.1 Å². The summed E-state index contributed by atoms with van der Waals surface area (Å²) >= 11 is 11.9. The van der Waals surface area contributed by atoms with Gasteiger partial charge in [-0.25, -0.2) is 9.78 Å². The highest BCUT2D eigenvalue weighted by atomic mass is 35.5. The molecule has 0 spiro atoms. The van der Waals surface area contributed by atoms with Gasteiger partial charge in [-0.05, 0) is 40.3 Å². The number of ether oxygens (including phenoxy) is 1. The van der Waals surface area contributed by atoms with Crippen LogP contribution in [-0.2, 0) is 4.74 Å². The van der Waals surface area contributed by atoms with Crippen LogP contribution in [0, 0.1) is 0 Å². The van der Waals surface area contributed by atoms with E-state index in [2.05, 4.69) is 44.5 Å². The lowest BCUT2D eigenvalue weighted by Gasteiger charge is -2.18. The first-order chi connectivity index (χ1) is 16.9. The molecule has 1 amide bonds. The van der Waals surface area contributed by atoms with Gasteiger partial charge in [0, 0.05) is 24.2 Å². The second-order valence-corrected chi connectivity index (χ2v) is 9.00. The Morgan fingerprint density at radius 2 is 1.71 bits per heavy atom. The fraction of sp³-hybridized carbons (Fsp3) is 0.240. The molecule has 0 radical (unpaired) electrons. The fourth-order valence-corrected chi connectivity index (χ4v) is 5.05. The summed E-state index contributed by atoms with van der Waals surface area (Å²) in [4.78, 5) is 23.1. The highest BCUT2D eigenvalue weighted by molar-refractivity contribution is 6.35. The predicted molar refractivity (Wildman–Crippen MR) is 133 cm³/mol. The van der Waals surface area contributed by atoms with Gasteiger partial charge in [-0.3, -0.25) is 0 Å². The number of hydrogen-bond acceptors (Lipinski definition) is 6. The third-order valence-corrected chi connectivity index (χ3v) is 6.67. The van der Waals surface area contributed by atoms with E-state index in [9.17, 15) is 15.0 Å². The van der Waals surface area contributed by atoms with E-state index in [1.807, 2.05) is 24.3 Å². The minimum Gasteiger partial charge on any atom is -0.449 e. The molecule has 1 aliphatic carbocycles. The third kappa shape index (κ3) is 4.58. The number of aliphatic hydroxyl groups excluding tert-OH is 2. The number of alkyl carbamates (subject to hydrolysis) is 1. The molecule has 0 bridgehead atoms. The van der Waals surface area contributed by atoms with Crippen molar-refractivity contribution in [2.75, 3.05) is 13.2 Å². The number of halogens is 2. The zero-order valence-electron chi connectivity index (χ0n) is 18.4. The van der Waals surface area contributed by atoms with E-state index in [1.165, 1.54) is 6.20 Å². The number of nitrogens with zero attached hydrogens (tertiary/aromatic N) is 2. The summed E-state index contributed by atoms with van der Waals surface area (Å²) in [6, 6.07) is 16.2. The summed E-state index contributed by atoms with van der Waals surface area (Å²) in [6.07, 6.45) is -1.45. The number of amides is 1. The number of aliphatic hydroxyl groups is 2. The molecule has 8 nitrogen and oxygen atoms in total. The van der Waals surface area contributed by atoms with Gasteiger partial charge >= 0.3 is 6.09 Å². The zero-order valence-corrected chi connectivity index (χ0v) is 19.9. The molecule has 0 saturated carbocycles. The molecule has 180 valence electrons. The van der Waals surface area contributed by atoms with Crippen molar-refractivity contribution in [2.45, 2.75) is 24.5 Å². The average Bonchev–Trinajstić information content (AvgIpc) is 3.42. The van der Waals surface area contributed by atoms with Gasteiger partial charge < -0.3 is 25.3 Å². The van der Waals surface area contributed by atoms with Crippen LogP contribution in [0.1, 0.15) is 35.1 Å². The predicted octanol–water partition coefficient (Wildman–Crippen LogP) is 4.59. The molecule has 2 aromatic heterocycles. The summed E-state index contributed by atoms with van der Waals surface area (Å²) in [5.41, 5.74) is 5.26. The van der Waals surface area contributed by atoms with Crippen LogP contribution in [0.3, 0.4) is 0 Å². The van der Waals surface area contributed by atoms with Gasteiger partial charge in [0.2, 0.25) is 5.28 Å². The van der Waals surface area contributed by atoms with Crippen LogP contribution in [0.15, 0.2) is 54.7 Å².